The van der Waals surface area contributed by atoms with E-state index in [2.05, 4.69) is 34.0 Å². The summed E-state index contributed by atoms with van der Waals surface area (Å²) in [6.45, 7) is 7.67. The highest BCUT2D eigenvalue weighted by molar-refractivity contribution is 5.85. The Morgan fingerprint density at radius 2 is 1.70 bits per heavy atom. The molecule has 13 heteroatoms. The van der Waals surface area contributed by atoms with Crippen molar-refractivity contribution in [1.82, 2.24) is 9.88 Å². The van der Waals surface area contributed by atoms with E-state index in [1.165, 1.54) is 7.11 Å². The smallest absolute Gasteiger partial charge is 0.416 e. The number of halogens is 6. The van der Waals surface area contributed by atoms with Gasteiger partial charge in [0.15, 0.2) is 0 Å². The van der Waals surface area contributed by atoms with Gasteiger partial charge >= 0.3 is 12.4 Å². The van der Waals surface area contributed by atoms with Crippen LogP contribution in [0.4, 0.5) is 43.4 Å². The number of nitrogens with one attached hydrogen (secondary N) is 2. The first-order valence-electron chi connectivity index (χ1n) is 14.6. The van der Waals surface area contributed by atoms with Crippen LogP contribution < -0.4 is 26.2 Å². The first-order chi connectivity index (χ1) is 21.6. The third-order valence-electron chi connectivity index (χ3n) is 9.49. The van der Waals surface area contributed by atoms with Crippen LogP contribution in [0.2, 0.25) is 0 Å². The first kappa shape index (κ1) is 31.6. The summed E-state index contributed by atoms with van der Waals surface area (Å²) in [6.07, 6.45) is -5.01. The molecule has 4 aromatic rings. The molecule has 7 rings (SSSR count). The van der Waals surface area contributed by atoms with Crippen LogP contribution in [-0.2, 0) is 12.4 Å². The minimum atomic E-state index is -5.09. The number of piperidine rings is 3. The molecule has 2 bridgehead atoms. The van der Waals surface area contributed by atoms with Gasteiger partial charge in [0.05, 0.1) is 29.8 Å². The maximum atomic E-state index is 13.5. The van der Waals surface area contributed by atoms with E-state index in [0.29, 0.717) is 41.8 Å². The summed E-state index contributed by atoms with van der Waals surface area (Å²) in [5.74, 6) is 0.783. The lowest BCUT2D eigenvalue weighted by Gasteiger charge is -2.57. The third-order valence-corrected chi connectivity index (χ3v) is 9.49. The zero-order chi connectivity index (χ0) is 33.2. The van der Waals surface area contributed by atoms with Gasteiger partial charge in [0.25, 0.3) is 10.9 Å². The van der Waals surface area contributed by atoms with Crippen LogP contribution in [-0.4, -0.2) is 36.1 Å². The number of pyridine rings is 1. The van der Waals surface area contributed by atoms with Crippen LogP contribution in [0.1, 0.15) is 42.5 Å². The number of rotatable bonds is 8. The van der Waals surface area contributed by atoms with Crippen molar-refractivity contribution < 1.29 is 31.1 Å². The van der Waals surface area contributed by atoms with Gasteiger partial charge in [0.2, 0.25) is 0 Å². The number of fused-ring (bicyclic) bond motifs is 4. The van der Waals surface area contributed by atoms with E-state index < -0.39 is 51.8 Å². The average molecular weight is 645 g/mol. The number of hydrogen-bond acceptors (Lipinski definition) is 7. The number of benzene rings is 2. The van der Waals surface area contributed by atoms with E-state index in [4.69, 9.17) is 4.74 Å². The van der Waals surface area contributed by atoms with E-state index >= 15 is 0 Å². The van der Waals surface area contributed by atoms with Gasteiger partial charge in [-0.3, -0.25) is 19.5 Å². The highest BCUT2D eigenvalue weighted by Crippen LogP contribution is 2.51. The highest BCUT2D eigenvalue weighted by atomic mass is 19.4. The van der Waals surface area contributed by atoms with Crippen molar-refractivity contribution in [3.05, 3.63) is 98.5 Å². The molecule has 1 aromatic heterocycles. The molecule has 2 N–H and O–H groups in total. The Morgan fingerprint density at radius 3 is 2.30 bits per heavy atom. The average Bonchev–Trinajstić information content (AvgIpc) is 3.02. The zero-order valence-electron chi connectivity index (χ0n) is 24.9. The standard InChI is InChI=1S/C33H30F6N4O3/c1-4-17-16-43-10-8-31(17,2)15-25(43)26(22-7-9-40-24-6-5-21(46-3)14-23(22)24)42-28-27(29(44)30(28)45)41-20-12-18(32(34,35)36)11-19(13-20)33(37,38)39/h4-7,9,11-14,17,25-26,41-42H,1,8,10,15-16H2,2-3H3/t17-,25-,26-,31-/m0/s1. The van der Waals surface area contributed by atoms with Gasteiger partial charge in [-0.2, -0.15) is 26.3 Å². The molecule has 3 aliphatic heterocycles. The summed E-state index contributed by atoms with van der Waals surface area (Å²) in [6, 6.07) is 7.25. The molecule has 0 spiro atoms. The fraction of sp³-hybridized carbons (Fsp3) is 0.364. The molecule has 3 saturated heterocycles. The summed E-state index contributed by atoms with van der Waals surface area (Å²) >= 11 is 0. The summed E-state index contributed by atoms with van der Waals surface area (Å²) in [7, 11) is 1.52. The van der Waals surface area contributed by atoms with Crippen molar-refractivity contribution in [1.29, 1.82) is 0 Å². The Kier molecular flexibility index (Phi) is 7.65. The van der Waals surface area contributed by atoms with Crippen LogP contribution in [0.15, 0.2) is 70.9 Å². The summed E-state index contributed by atoms with van der Waals surface area (Å²) < 4.78 is 86.6. The van der Waals surface area contributed by atoms with Crippen LogP contribution in [0.25, 0.3) is 10.9 Å². The maximum Gasteiger partial charge on any atom is 0.416 e. The number of hydrogen-bond donors (Lipinski definition) is 2. The molecular weight excluding hydrogens is 614 g/mol. The topological polar surface area (TPSA) is 83.6 Å². The van der Waals surface area contributed by atoms with Crippen LogP contribution in [0.3, 0.4) is 0 Å². The Labute approximate surface area is 259 Å². The largest absolute Gasteiger partial charge is 0.497 e. The fourth-order valence-electron chi connectivity index (χ4n) is 6.90. The molecule has 1 unspecified atom stereocenters. The lowest BCUT2D eigenvalue weighted by atomic mass is 9.62. The highest BCUT2D eigenvalue weighted by Gasteiger charge is 2.50. The minimum absolute atomic E-state index is 0.00498. The second-order valence-electron chi connectivity index (χ2n) is 12.2. The second kappa shape index (κ2) is 11.1. The number of methoxy groups -OCH3 is 1. The SMILES string of the molecule is C=C[C@H]1CN2CC[C@@]1(C)C[C@H]2[C@@H](Nc1c(Nc2cc(C(F)(F)F)cc(C(F)(F)F)c2)c(=O)c1=O)c1ccnc2ccc(OC)cc12. The summed E-state index contributed by atoms with van der Waals surface area (Å²) in [5.41, 5.74) is -5.09. The van der Waals surface area contributed by atoms with E-state index in [9.17, 15) is 35.9 Å². The van der Waals surface area contributed by atoms with Gasteiger partial charge in [-0.05, 0) is 78.7 Å². The van der Waals surface area contributed by atoms with Crippen molar-refractivity contribution in [2.24, 2.45) is 11.3 Å². The van der Waals surface area contributed by atoms with Crippen LogP contribution >= 0.6 is 0 Å². The van der Waals surface area contributed by atoms with E-state index in [1.807, 2.05) is 6.08 Å². The first-order valence-corrected chi connectivity index (χ1v) is 14.6. The van der Waals surface area contributed by atoms with Crippen molar-refractivity contribution in [2.45, 2.75) is 44.2 Å². The molecule has 3 fully saturated rings. The molecule has 0 saturated carbocycles. The fourth-order valence-corrected chi connectivity index (χ4v) is 6.90. The van der Waals surface area contributed by atoms with E-state index in [0.717, 1.165) is 18.5 Å². The van der Waals surface area contributed by atoms with E-state index in [1.54, 1.807) is 30.5 Å². The number of aromatic nitrogens is 1. The van der Waals surface area contributed by atoms with Crippen LogP contribution in [0.5, 0.6) is 5.75 Å². The maximum absolute atomic E-state index is 13.5. The number of ether oxygens (including phenoxy) is 1. The van der Waals surface area contributed by atoms with Gasteiger partial charge < -0.3 is 15.4 Å². The predicted molar refractivity (Wildman–Crippen MR) is 162 cm³/mol. The Balaban J connectivity index is 1.44. The third kappa shape index (κ3) is 5.50. The monoisotopic (exact) mass is 644 g/mol. The molecule has 3 aromatic carbocycles. The van der Waals surface area contributed by atoms with Crippen LogP contribution in [0, 0.1) is 11.3 Å². The molecule has 5 atom stereocenters. The molecule has 0 aliphatic carbocycles. The van der Waals surface area contributed by atoms with Gasteiger partial charge in [-0.25, -0.2) is 0 Å². The molecule has 0 amide bonds. The molecule has 3 aliphatic rings. The second-order valence-corrected chi connectivity index (χ2v) is 12.2. The van der Waals surface area contributed by atoms with Gasteiger partial charge in [-0.15, -0.1) is 6.58 Å². The molecule has 7 nitrogen and oxygen atoms in total. The Bertz CT molecular complexity index is 1870. The predicted octanol–water partition coefficient (Wildman–Crippen LogP) is 7.06. The van der Waals surface area contributed by atoms with Gasteiger partial charge in [-0.1, -0.05) is 13.0 Å². The lowest BCUT2D eigenvalue weighted by molar-refractivity contribution is -0.143. The molecular formula is C33H30F6N4O3. The van der Waals surface area contributed by atoms with Crippen molar-refractivity contribution in [2.75, 3.05) is 30.8 Å². The van der Waals surface area contributed by atoms with E-state index in [-0.39, 0.29) is 29.1 Å². The summed E-state index contributed by atoms with van der Waals surface area (Å²) in [4.78, 5) is 32.5. The Hall–Kier alpha value is -4.39. The number of nitrogens with zero attached hydrogens (tertiary/aromatic N) is 2. The van der Waals surface area contributed by atoms with Crippen molar-refractivity contribution in [3.8, 4) is 5.75 Å². The lowest BCUT2D eigenvalue weighted by Crippen LogP contribution is -2.60. The van der Waals surface area contributed by atoms with Crippen molar-refractivity contribution in [3.63, 3.8) is 0 Å². The summed E-state index contributed by atoms with van der Waals surface area (Å²) in [5, 5.41) is 6.32. The minimum Gasteiger partial charge on any atom is -0.497 e. The quantitative estimate of drug-likeness (QED) is 0.121. The Morgan fingerprint density at radius 1 is 1.02 bits per heavy atom. The molecule has 0 radical (unpaired) electrons. The van der Waals surface area contributed by atoms with Gasteiger partial charge in [0.1, 0.15) is 17.1 Å². The molecule has 4 heterocycles. The van der Waals surface area contributed by atoms with Gasteiger partial charge in [0, 0.05) is 29.9 Å². The zero-order valence-corrected chi connectivity index (χ0v) is 24.9. The molecule has 242 valence electrons. The normalized spacial score (nSPS) is 23.8. The number of anilines is 3. The number of alkyl halides is 6. The van der Waals surface area contributed by atoms with Crippen molar-refractivity contribution >= 4 is 28.0 Å². The molecule has 46 heavy (non-hydrogen) atoms.